The molecule has 1 aromatic carbocycles. The second-order valence-electron chi connectivity index (χ2n) is 4.43. The Bertz CT molecular complexity index is 490. The SMILES string of the molecule is CCN(Cc1ccc(N)cc1)Cc1nc(C)cs1. The molecule has 0 unspecified atom stereocenters. The van der Waals surface area contributed by atoms with Crippen molar-refractivity contribution in [3.8, 4) is 0 Å². The highest BCUT2D eigenvalue weighted by Crippen LogP contribution is 2.14. The fraction of sp³-hybridized carbons (Fsp3) is 0.357. The predicted octanol–water partition coefficient (Wildman–Crippen LogP) is 3.06. The highest BCUT2D eigenvalue weighted by molar-refractivity contribution is 7.09. The van der Waals surface area contributed by atoms with Crippen LogP contribution in [0, 0.1) is 6.92 Å². The number of hydrogen-bond acceptors (Lipinski definition) is 4. The number of rotatable bonds is 5. The van der Waals surface area contributed by atoms with E-state index >= 15 is 0 Å². The number of hydrogen-bond donors (Lipinski definition) is 1. The number of benzene rings is 1. The van der Waals surface area contributed by atoms with Crippen LogP contribution in [0.3, 0.4) is 0 Å². The Hall–Kier alpha value is -1.39. The highest BCUT2D eigenvalue weighted by Gasteiger charge is 2.07. The molecule has 0 saturated carbocycles. The number of thiazole rings is 1. The van der Waals surface area contributed by atoms with E-state index < -0.39 is 0 Å². The third-order valence-electron chi connectivity index (χ3n) is 2.86. The van der Waals surface area contributed by atoms with Gasteiger partial charge in [-0.25, -0.2) is 4.98 Å². The number of nitrogens with zero attached hydrogens (tertiary/aromatic N) is 2. The number of nitrogens with two attached hydrogens (primary N) is 1. The highest BCUT2D eigenvalue weighted by atomic mass is 32.1. The number of aryl methyl sites for hydroxylation is 1. The predicted molar refractivity (Wildman–Crippen MR) is 77.5 cm³/mol. The molecule has 0 aliphatic carbocycles. The van der Waals surface area contributed by atoms with Crippen molar-refractivity contribution in [2.75, 3.05) is 12.3 Å². The lowest BCUT2D eigenvalue weighted by Gasteiger charge is -2.19. The van der Waals surface area contributed by atoms with Crippen LogP contribution in [0.5, 0.6) is 0 Å². The fourth-order valence-electron chi connectivity index (χ4n) is 1.83. The summed E-state index contributed by atoms with van der Waals surface area (Å²) in [5.41, 5.74) is 8.91. The Morgan fingerprint density at radius 1 is 1.22 bits per heavy atom. The lowest BCUT2D eigenvalue weighted by Crippen LogP contribution is -2.22. The Morgan fingerprint density at radius 3 is 2.50 bits per heavy atom. The lowest BCUT2D eigenvalue weighted by molar-refractivity contribution is 0.271. The van der Waals surface area contributed by atoms with Crippen molar-refractivity contribution in [1.29, 1.82) is 0 Å². The summed E-state index contributed by atoms with van der Waals surface area (Å²) in [5.74, 6) is 0. The van der Waals surface area contributed by atoms with Gasteiger partial charge in [-0.15, -0.1) is 11.3 Å². The topological polar surface area (TPSA) is 42.1 Å². The molecule has 0 amide bonds. The molecule has 0 spiro atoms. The van der Waals surface area contributed by atoms with Crippen LogP contribution in [-0.4, -0.2) is 16.4 Å². The van der Waals surface area contributed by atoms with Gasteiger partial charge in [0, 0.05) is 23.3 Å². The van der Waals surface area contributed by atoms with E-state index in [9.17, 15) is 0 Å². The largest absolute Gasteiger partial charge is 0.399 e. The zero-order valence-corrected chi connectivity index (χ0v) is 11.7. The molecule has 0 bridgehead atoms. The van der Waals surface area contributed by atoms with Crippen molar-refractivity contribution in [1.82, 2.24) is 9.88 Å². The van der Waals surface area contributed by atoms with E-state index in [0.29, 0.717) is 0 Å². The Morgan fingerprint density at radius 2 is 1.94 bits per heavy atom. The van der Waals surface area contributed by atoms with Crippen LogP contribution in [0.2, 0.25) is 0 Å². The van der Waals surface area contributed by atoms with Gasteiger partial charge in [0.1, 0.15) is 5.01 Å². The molecule has 96 valence electrons. The summed E-state index contributed by atoms with van der Waals surface area (Å²) in [6.07, 6.45) is 0. The van der Waals surface area contributed by atoms with E-state index in [2.05, 4.69) is 34.3 Å². The van der Waals surface area contributed by atoms with E-state index in [4.69, 9.17) is 5.73 Å². The molecule has 0 aliphatic rings. The van der Waals surface area contributed by atoms with Gasteiger partial charge >= 0.3 is 0 Å². The molecule has 0 radical (unpaired) electrons. The van der Waals surface area contributed by atoms with E-state index in [-0.39, 0.29) is 0 Å². The first-order chi connectivity index (χ1) is 8.67. The van der Waals surface area contributed by atoms with Gasteiger partial charge in [0.05, 0.1) is 6.54 Å². The second kappa shape index (κ2) is 5.98. The Labute approximate surface area is 112 Å². The van der Waals surface area contributed by atoms with Crippen molar-refractivity contribution < 1.29 is 0 Å². The molecule has 2 N–H and O–H groups in total. The van der Waals surface area contributed by atoms with Gasteiger partial charge in [-0.3, -0.25) is 4.90 Å². The van der Waals surface area contributed by atoms with Crippen molar-refractivity contribution in [2.45, 2.75) is 26.9 Å². The molecule has 0 atom stereocenters. The summed E-state index contributed by atoms with van der Waals surface area (Å²) in [6, 6.07) is 8.09. The molecule has 2 rings (SSSR count). The maximum atomic E-state index is 5.69. The summed E-state index contributed by atoms with van der Waals surface area (Å²) in [5, 5.41) is 3.29. The monoisotopic (exact) mass is 261 g/mol. The van der Waals surface area contributed by atoms with Gasteiger partial charge in [0.25, 0.3) is 0 Å². The summed E-state index contributed by atoms with van der Waals surface area (Å²) in [4.78, 5) is 6.89. The van der Waals surface area contributed by atoms with Crippen LogP contribution in [0.25, 0.3) is 0 Å². The van der Waals surface area contributed by atoms with Crippen molar-refractivity contribution in [3.05, 3.63) is 45.9 Å². The normalized spacial score (nSPS) is 11.1. The van der Waals surface area contributed by atoms with Gasteiger partial charge in [-0.1, -0.05) is 19.1 Å². The summed E-state index contributed by atoms with van der Waals surface area (Å²) in [6.45, 7) is 7.09. The van der Waals surface area contributed by atoms with Gasteiger partial charge in [-0.2, -0.15) is 0 Å². The van der Waals surface area contributed by atoms with Gasteiger partial charge in [0.2, 0.25) is 0 Å². The third kappa shape index (κ3) is 3.55. The van der Waals surface area contributed by atoms with Crippen LogP contribution >= 0.6 is 11.3 Å². The molecule has 0 fully saturated rings. The first-order valence-electron chi connectivity index (χ1n) is 6.15. The van der Waals surface area contributed by atoms with Gasteiger partial charge < -0.3 is 5.73 Å². The number of anilines is 1. The molecule has 18 heavy (non-hydrogen) atoms. The smallest absolute Gasteiger partial charge is 0.107 e. The van der Waals surface area contributed by atoms with E-state index in [1.165, 1.54) is 10.6 Å². The van der Waals surface area contributed by atoms with Crippen LogP contribution in [0.1, 0.15) is 23.2 Å². The Kier molecular flexibility index (Phi) is 4.33. The Balaban J connectivity index is 1.99. The van der Waals surface area contributed by atoms with Crippen molar-refractivity contribution in [3.63, 3.8) is 0 Å². The molecular formula is C14H19N3S. The van der Waals surface area contributed by atoms with Crippen LogP contribution < -0.4 is 5.73 Å². The maximum absolute atomic E-state index is 5.69. The zero-order valence-electron chi connectivity index (χ0n) is 10.9. The standard InChI is InChI=1S/C14H19N3S/c1-3-17(9-14-16-11(2)10-18-14)8-12-4-6-13(15)7-5-12/h4-7,10H,3,8-9,15H2,1-2H3. The zero-order chi connectivity index (χ0) is 13.0. The van der Waals surface area contributed by atoms with Crippen LogP contribution in [0.15, 0.2) is 29.6 Å². The first-order valence-corrected chi connectivity index (χ1v) is 7.03. The minimum Gasteiger partial charge on any atom is -0.399 e. The van der Waals surface area contributed by atoms with E-state index in [1.807, 2.05) is 19.1 Å². The average molecular weight is 261 g/mol. The molecular weight excluding hydrogens is 242 g/mol. The van der Waals surface area contributed by atoms with Gasteiger partial charge in [0.15, 0.2) is 0 Å². The number of aromatic nitrogens is 1. The number of nitrogen functional groups attached to an aromatic ring is 1. The minimum absolute atomic E-state index is 0.817. The van der Waals surface area contributed by atoms with E-state index in [1.54, 1.807) is 11.3 Å². The lowest BCUT2D eigenvalue weighted by atomic mass is 10.2. The molecule has 0 saturated heterocycles. The molecule has 2 aromatic rings. The van der Waals surface area contributed by atoms with Gasteiger partial charge in [-0.05, 0) is 31.2 Å². The quantitative estimate of drug-likeness (QED) is 0.841. The fourth-order valence-corrected chi connectivity index (χ4v) is 2.64. The first kappa shape index (κ1) is 13.1. The van der Waals surface area contributed by atoms with Crippen LogP contribution in [-0.2, 0) is 13.1 Å². The summed E-state index contributed by atoms with van der Waals surface area (Å²) in [7, 11) is 0. The summed E-state index contributed by atoms with van der Waals surface area (Å²) < 4.78 is 0. The molecule has 4 heteroatoms. The molecule has 0 aliphatic heterocycles. The molecule has 1 aromatic heterocycles. The second-order valence-corrected chi connectivity index (χ2v) is 5.37. The maximum Gasteiger partial charge on any atom is 0.107 e. The average Bonchev–Trinajstić information content (AvgIpc) is 2.77. The van der Waals surface area contributed by atoms with E-state index in [0.717, 1.165) is 31.0 Å². The van der Waals surface area contributed by atoms with Crippen molar-refractivity contribution in [2.24, 2.45) is 0 Å². The molecule has 1 heterocycles. The summed E-state index contributed by atoms with van der Waals surface area (Å²) >= 11 is 1.73. The minimum atomic E-state index is 0.817. The molecule has 3 nitrogen and oxygen atoms in total. The van der Waals surface area contributed by atoms with Crippen LogP contribution in [0.4, 0.5) is 5.69 Å². The third-order valence-corrected chi connectivity index (χ3v) is 3.81. The van der Waals surface area contributed by atoms with Crippen molar-refractivity contribution >= 4 is 17.0 Å².